The molecule has 1 nitrogen and oxygen atoms in total. The van der Waals surface area contributed by atoms with E-state index >= 15 is 0 Å². The van der Waals surface area contributed by atoms with Gasteiger partial charge in [0.25, 0.3) is 0 Å². The number of phenols is 1. The Morgan fingerprint density at radius 1 is 0.882 bits per heavy atom. The molecule has 0 heterocycles. The summed E-state index contributed by atoms with van der Waals surface area (Å²) in [6, 6.07) is 16.1. The zero-order valence-electron chi connectivity index (χ0n) is 9.89. The molecule has 0 aromatic heterocycles. The van der Waals surface area contributed by atoms with Crippen molar-refractivity contribution in [1.82, 2.24) is 0 Å². The van der Waals surface area contributed by atoms with Gasteiger partial charge in [-0.2, -0.15) is 0 Å². The van der Waals surface area contributed by atoms with Crippen molar-refractivity contribution in [2.24, 2.45) is 0 Å². The number of rotatable bonds is 4. The number of thioether (sulfide) groups is 1. The minimum absolute atomic E-state index is 0.321. The van der Waals surface area contributed by atoms with Gasteiger partial charge in [0.15, 0.2) is 0 Å². The van der Waals surface area contributed by atoms with Crippen LogP contribution in [0.4, 0.5) is 0 Å². The van der Waals surface area contributed by atoms with Crippen LogP contribution in [0.5, 0.6) is 5.75 Å². The molecule has 0 aliphatic carbocycles. The molecule has 0 aliphatic heterocycles. The lowest BCUT2D eigenvalue weighted by atomic mass is 10.1. The Balaban J connectivity index is 1.95. The maximum Gasteiger partial charge on any atom is 0.115 e. The molecule has 88 valence electrons. The molecule has 2 aromatic carbocycles. The van der Waals surface area contributed by atoms with E-state index in [1.807, 2.05) is 12.1 Å². The Morgan fingerprint density at radius 2 is 1.47 bits per heavy atom. The molecule has 0 unspecified atom stereocenters. The number of benzene rings is 2. The van der Waals surface area contributed by atoms with Crippen molar-refractivity contribution in [2.45, 2.75) is 24.0 Å². The van der Waals surface area contributed by atoms with Crippen LogP contribution in [0, 0.1) is 0 Å². The van der Waals surface area contributed by atoms with Crippen LogP contribution >= 0.6 is 11.8 Å². The molecular weight excluding hydrogens is 228 g/mol. The average molecular weight is 244 g/mol. The van der Waals surface area contributed by atoms with Gasteiger partial charge in [0.2, 0.25) is 0 Å². The summed E-state index contributed by atoms with van der Waals surface area (Å²) in [7, 11) is 0. The highest BCUT2D eigenvalue weighted by Crippen LogP contribution is 2.24. The van der Waals surface area contributed by atoms with Crippen LogP contribution in [-0.4, -0.2) is 5.11 Å². The van der Waals surface area contributed by atoms with Gasteiger partial charge in [-0.05, 0) is 41.8 Å². The third-order valence-corrected chi connectivity index (χ3v) is 3.76. The highest BCUT2D eigenvalue weighted by atomic mass is 32.2. The SMILES string of the molecule is CCc1ccc(CSc2ccc(O)cc2)cc1. The molecule has 0 amide bonds. The second-order valence-electron chi connectivity index (χ2n) is 3.95. The van der Waals surface area contributed by atoms with Crippen LogP contribution in [0.25, 0.3) is 0 Å². The average Bonchev–Trinajstić information content (AvgIpc) is 2.39. The topological polar surface area (TPSA) is 20.2 Å². The van der Waals surface area contributed by atoms with E-state index < -0.39 is 0 Å². The first-order valence-corrected chi connectivity index (χ1v) is 6.76. The van der Waals surface area contributed by atoms with Gasteiger partial charge < -0.3 is 5.11 Å². The van der Waals surface area contributed by atoms with Gasteiger partial charge in [-0.25, -0.2) is 0 Å². The molecule has 0 spiro atoms. The molecular formula is C15H16OS. The Morgan fingerprint density at radius 3 is 2.06 bits per heavy atom. The van der Waals surface area contributed by atoms with Gasteiger partial charge in [0.1, 0.15) is 5.75 Å². The smallest absolute Gasteiger partial charge is 0.115 e. The fraction of sp³-hybridized carbons (Fsp3) is 0.200. The molecule has 2 heteroatoms. The van der Waals surface area contributed by atoms with E-state index in [1.54, 1.807) is 23.9 Å². The van der Waals surface area contributed by atoms with Crippen molar-refractivity contribution in [1.29, 1.82) is 0 Å². The van der Waals surface area contributed by atoms with Crippen molar-refractivity contribution >= 4 is 11.8 Å². The summed E-state index contributed by atoms with van der Waals surface area (Å²) in [4.78, 5) is 1.18. The predicted molar refractivity (Wildman–Crippen MR) is 73.5 cm³/mol. The van der Waals surface area contributed by atoms with Crippen molar-refractivity contribution in [3.05, 3.63) is 59.7 Å². The second kappa shape index (κ2) is 5.78. The lowest BCUT2D eigenvalue weighted by Crippen LogP contribution is -1.83. The molecule has 2 aromatic rings. The molecule has 0 radical (unpaired) electrons. The van der Waals surface area contributed by atoms with Crippen LogP contribution in [0.1, 0.15) is 18.1 Å². The first kappa shape index (κ1) is 12.1. The number of aromatic hydroxyl groups is 1. The third kappa shape index (κ3) is 3.53. The van der Waals surface area contributed by atoms with Crippen LogP contribution in [0.2, 0.25) is 0 Å². The van der Waals surface area contributed by atoms with Crippen molar-refractivity contribution in [3.8, 4) is 5.75 Å². The van der Waals surface area contributed by atoms with Gasteiger partial charge >= 0.3 is 0 Å². The van der Waals surface area contributed by atoms with Crippen LogP contribution in [0.3, 0.4) is 0 Å². The molecule has 17 heavy (non-hydrogen) atoms. The summed E-state index contributed by atoms with van der Waals surface area (Å²) in [5.74, 6) is 1.29. The van der Waals surface area contributed by atoms with Crippen LogP contribution < -0.4 is 0 Å². The van der Waals surface area contributed by atoms with Gasteiger partial charge in [0, 0.05) is 10.6 Å². The maximum absolute atomic E-state index is 9.19. The molecule has 0 bridgehead atoms. The van der Waals surface area contributed by atoms with E-state index in [0.29, 0.717) is 5.75 Å². The molecule has 1 N–H and O–H groups in total. The Bertz CT molecular complexity index is 459. The summed E-state index contributed by atoms with van der Waals surface area (Å²) in [6.07, 6.45) is 1.09. The van der Waals surface area contributed by atoms with E-state index in [9.17, 15) is 5.11 Å². The summed E-state index contributed by atoms with van der Waals surface area (Å²) in [5, 5.41) is 9.19. The van der Waals surface area contributed by atoms with E-state index in [2.05, 4.69) is 31.2 Å². The number of hydrogen-bond acceptors (Lipinski definition) is 2. The minimum Gasteiger partial charge on any atom is -0.508 e. The normalized spacial score (nSPS) is 10.4. The first-order valence-electron chi connectivity index (χ1n) is 5.77. The third-order valence-electron chi connectivity index (χ3n) is 2.67. The largest absolute Gasteiger partial charge is 0.508 e. The van der Waals surface area contributed by atoms with Gasteiger partial charge in [-0.3, -0.25) is 0 Å². The molecule has 2 rings (SSSR count). The molecule has 0 saturated heterocycles. The zero-order chi connectivity index (χ0) is 12.1. The fourth-order valence-corrected chi connectivity index (χ4v) is 2.43. The highest BCUT2D eigenvalue weighted by molar-refractivity contribution is 7.98. The van der Waals surface area contributed by atoms with E-state index in [-0.39, 0.29) is 0 Å². The van der Waals surface area contributed by atoms with Gasteiger partial charge in [-0.15, -0.1) is 11.8 Å². The zero-order valence-corrected chi connectivity index (χ0v) is 10.7. The molecule has 0 saturated carbocycles. The quantitative estimate of drug-likeness (QED) is 0.811. The molecule has 0 fully saturated rings. The van der Waals surface area contributed by atoms with Crippen molar-refractivity contribution < 1.29 is 5.11 Å². The summed E-state index contributed by atoms with van der Waals surface area (Å²) < 4.78 is 0. The lowest BCUT2D eigenvalue weighted by Gasteiger charge is -2.03. The van der Waals surface area contributed by atoms with E-state index in [4.69, 9.17) is 0 Å². The summed E-state index contributed by atoms with van der Waals surface area (Å²) in [6.45, 7) is 2.17. The highest BCUT2D eigenvalue weighted by Gasteiger charge is 1.97. The molecule has 0 aliphatic rings. The van der Waals surface area contributed by atoms with Crippen LogP contribution in [-0.2, 0) is 12.2 Å². The van der Waals surface area contributed by atoms with Crippen LogP contribution in [0.15, 0.2) is 53.4 Å². The Kier molecular flexibility index (Phi) is 4.10. The maximum atomic E-state index is 9.19. The number of hydrogen-bond donors (Lipinski definition) is 1. The van der Waals surface area contributed by atoms with Crippen molar-refractivity contribution in [3.63, 3.8) is 0 Å². The Hall–Kier alpha value is -1.41. The lowest BCUT2D eigenvalue weighted by molar-refractivity contribution is 0.475. The second-order valence-corrected chi connectivity index (χ2v) is 5.00. The van der Waals surface area contributed by atoms with Gasteiger partial charge in [-0.1, -0.05) is 31.2 Å². The van der Waals surface area contributed by atoms with E-state index in [1.165, 1.54) is 16.0 Å². The standard InChI is InChI=1S/C15H16OS/c1-2-12-3-5-13(6-4-12)11-17-15-9-7-14(16)8-10-15/h3-10,16H,2,11H2,1H3. The molecule has 0 atom stereocenters. The van der Waals surface area contributed by atoms with E-state index in [0.717, 1.165) is 12.2 Å². The number of phenolic OH excluding ortho intramolecular Hbond substituents is 1. The fourth-order valence-electron chi connectivity index (χ4n) is 1.58. The summed E-state index contributed by atoms with van der Waals surface area (Å²) in [5.41, 5.74) is 2.71. The monoisotopic (exact) mass is 244 g/mol. The van der Waals surface area contributed by atoms with Gasteiger partial charge in [0.05, 0.1) is 0 Å². The van der Waals surface area contributed by atoms with Crippen molar-refractivity contribution in [2.75, 3.05) is 0 Å². The predicted octanol–water partition coefficient (Wildman–Crippen LogP) is 4.25. The summed E-state index contributed by atoms with van der Waals surface area (Å²) >= 11 is 1.78. The Labute approximate surface area is 107 Å². The number of aryl methyl sites for hydroxylation is 1. The minimum atomic E-state index is 0.321. The first-order chi connectivity index (χ1) is 8.28.